The van der Waals surface area contributed by atoms with Crippen LogP contribution in [-0.2, 0) is 16.0 Å². The smallest absolute Gasteiger partial charge is 0.256 e. The Bertz CT molecular complexity index is 1220. The van der Waals surface area contributed by atoms with E-state index in [0.717, 1.165) is 12.0 Å². The minimum atomic E-state index is -0.572. The number of amides is 2. The van der Waals surface area contributed by atoms with Crippen LogP contribution in [0.5, 0.6) is 0 Å². The van der Waals surface area contributed by atoms with Gasteiger partial charge in [0.1, 0.15) is 0 Å². The van der Waals surface area contributed by atoms with E-state index in [0.29, 0.717) is 22.8 Å². The molecule has 2 amide bonds. The number of hydrogen-bond donors (Lipinski definition) is 0. The van der Waals surface area contributed by atoms with Crippen LogP contribution in [0.25, 0.3) is 0 Å². The molecule has 3 aromatic rings. The highest BCUT2D eigenvalue weighted by molar-refractivity contribution is 6.19. The number of benzene rings is 3. The fourth-order valence-electron chi connectivity index (χ4n) is 5.05. The first-order chi connectivity index (χ1) is 17.0. The summed E-state index contributed by atoms with van der Waals surface area (Å²) >= 11 is 0. The number of hydrogen-bond acceptors (Lipinski definition) is 4. The SMILES string of the molecule is CCc1ccc(C(C2C(=O)N(c3ccccc3)N=C2C)C2C(=O)N(c3ccccc3)N=C2C)cc1. The zero-order valence-electron chi connectivity index (χ0n) is 20.1. The van der Waals surface area contributed by atoms with Gasteiger partial charge in [-0.2, -0.15) is 10.2 Å². The van der Waals surface area contributed by atoms with E-state index in [4.69, 9.17) is 0 Å². The average Bonchev–Trinajstić information content (AvgIpc) is 3.36. The van der Waals surface area contributed by atoms with Gasteiger partial charge >= 0.3 is 0 Å². The maximum atomic E-state index is 13.8. The van der Waals surface area contributed by atoms with Crippen molar-refractivity contribution in [3.05, 3.63) is 96.1 Å². The van der Waals surface area contributed by atoms with Crippen molar-refractivity contribution in [2.45, 2.75) is 33.1 Å². The van der Waals surface area contributed by atoms with E-state index in [1.54, 1.807) is 0 Å². The van der Waals surface area contributed by atoms with E-state index in [-0.39, 0.29) is 11.8 Å². The van der Waals surface area contributed by atoms with Crippen LogP contribution in [0.15, 0.2) is 95.1 Å². The predicted molar refractivity (Wildman–Crippen MR) is 140 cm³/mol. The zero-order chi connectivity index (χ0) is 24.5. The van der Waals surface area contributed by atoms with Crippen molar-refractivity contribution in [2.75, 3.05) is 10.0 Å². The Morgan fingerprint density at radius 2 is 1.11 bits per heavy atom. The first kappa shape index (κ1) is 22.7. The second-order valence-corrected chi connectivity index (χ2v) is 9.03. The molecule has 0 fully saturated rings. The van der Waals surface area contributed by atoms with Crippen LogP contribution < -0.4 is 10.0 Å². The molecule has 6 heteroatoms. The third kappa shape index (κ3) is 4.05. The van der Waals surface area contributed by atoms with Gasteiger partial charge in [0.15, 0.2) is 0 Å². The molecule has 2 atom stereocenters. The quantitative estimate of drug-likeness (QED) is 0.490. The Labute approximate surface area is 205 Å². The van der Waals surface area contributed by atoms with Gasteiger partial charge in [0.05, 0.1) is 23.2 Å². The lowest BCUT2D eigenvalue weighted by atomic mass is 9.73. The van der Waals surface area contributed by atoms with Crippen molar-refractivity contribution in [2.24, 2.45) is 22.0 Å². The van der Waals surface area contributed by atoms with Crippen molar-refractivity contribution >= 4 is 34.6 Å². The summed E-state index contributed by atoms with van der Waals surface area (Å²) in [5.74, 6) is -1.82. The van der Waals surface area contributed by atoms with E-state index in [2.05, 4.69) is 29.3 Å². The summed E-state index contributed by atoms with van der Waals surface area (Å²) < 4.78 is 0. The van der Waals surface area contributed by atoms with Crippen LogP contribution in [0.1, 0.15) is 37.8 Å². The molecule has 5 rings (SSSR count). The number of anilines is 2. The first-order valence-corrected chi connectivity index (χ1v) is 12.0. The van der Waals surface area contributed by atoms with Gasteiger partial charge < -0.3 is 0 Å². The largest absolute Gasteiger partial charge is 0.272 e. The maximum absolute atomic E-state index is 13.8. The lowest BCUT2D eigenvalue weighted by molar-refractivity contribution is -0.122. The van der Waals surface area contributed by atoms with Gasteiger partial charge in [-0.25, -0.2) is 10.0 Å². The molecule has 0 spiro atoms. The average molecular weight is 465 g/mol. The van der Waals surface area contributed by atoms with E-state index in [1.165, 1.54) is 15.6 Å². The van der Waals surface area contributed by atoms with Crippen molar-refractivity contribution in [1.82, 2.24) is 0 Å². The Morgan fingerprint density at radius 1 is 0.686 bits per heavy atom. The summed E-state index contributed by atoms with van der Waals surface area (Å²) in [6, 6.07) is 27.1. The number of nitrogens with zero attached hydrogens (tertiary/aromatic N) is 4. The molecule has 0 radical (unpaired) electrons. The number of rotatable bonds is 6. The van der Waals surface area contributed by atoms with Crippen LogP contribution in [0.4, 0.5) is 11.4 Å². The first-order valence-electron chi connectivity index (χ1n) is 12.0. The van der Waals surface area contributed by atoms with Crippen molar-refractivity contribution < 1.29 is 9.59 Å². The summed E-state index contributed by atoms with van der Waals surface area (Å²) in [5.41, 5.74) is 4.97. The fraction of sp³-hybridized carbons (Fsp3) is 0.241. The number of carbonyl (C=O) groups excluding carboxylic acids is 2. The molecular weight excluding hydrogens is 436 g/mol. The third-order valence-corrected chi connectivity index (χ3v) is 6.86. The Hall–Kier alpha value is -4.06. The lowest BCUT2D eigenvalue weighted by Gasteiger charge is -2.29. The maximum Gasteiger partial charge on any atom is 0.256 e. The summed E-state index contributed by atoms with van der Waals surface area (Å²) in [4.78, 5) is 27.6. The Balaban J connectivity index is 1.57. The van der Waals surface area contributed by atoms with Crippen LogP contribution >= 0.6 is 0 Å². The molecule has 6 nitrogen and oxygen atoms in total. The summed E-state index contributed by atoms with van der Waals surface area (Å²) in [6.45, 7) is 5.86. The monoisotopic (exact) mass is 464 g/mol. The normalized spacial score (nSPS) is 20.8. The Kier molecular flexibility index (Phi) is 6.03. The van der Waals surface area contributed by atoms with Gasteiger partial charge in [-0.1, -0.05) is 67.6 Å². The van der Waals surface area contributed by atoms with Crippen LogP contribution in [0, 0.1) is 11.8 Å². The van der Waals surface area contributed by atoms with E-state index in [9.17, 15) is 9.59 Å². The molecule has 2 unspecified atom stereocenters. The van der Waals surface area contributed by atoms with Crippen LogP contribution in [0.2, 0.25) is 0 Å². The van der Waals surface area contributed by atoms with Gasteiger partial charge in [0.25, 0.3) is 11.8 Å². The van der Waals surface area contributed by atoms with Gasteiger partial charge in [-0.15, -0.1) is 0 Å². The standard InChI is InChI=1S/C29H28N4O2/c1-4-21-15-17-22(18-16-21)27(25-19(2)30-32(28(25)34)23-11-7-5-8-12-23)26-20(3)31-33(29(26)35)24-13-9-6-10-14-24/h5-18,25-27H,4H2,1-3H3. The molecule has 2 aliphatic heterocycles. The minimum absolute atomic E-state index is 0.128. The molecule has 35 heavy (non-hydrogen) atoms. The predicted octanol–water partition coefficient (Wildman–Crippen LogP) is 5.41. The van der Waals surface area contributed by atoms with Gasteiger partial charge in [-0.05, 0) is 55.7 Å². The zero-order valence-corrected chi connectivity index (χ0v) is 20.1. The Morgan fingerprint density at radius 3 is 1.51 bits per heavy atom. The molecule has 0 saturated carbocycles. The highest BCUT2D eigenvalue weighted by atomic mass is 16.2. The topological polar surface area (TPSA) is 65.3 Å². The number of carbonyl (C=O) groups is 2. The van der Waals surface area contributed by atoms with Crippen molar-refractivity contribution in [3.63, 3.8) is 0 Å². The molecule has 2 aliphatic rings. The lowest BCUT2D eigenvalue weighted by Crippen LogP contribution is -2.40. The third-order valence-electron chi connectivity index (χ3n) is 6.86. The number of para-hydroxylation sites is 2. The molecule has 0 saturated heterocycles. The highest BCUT2D eigenvalue weighted by Gasteiger charge is 2.50. The molecule has 176 valence electrons. The minimum Gasteiger partial charge on any atom is -0.272 e. The van der Waals surface area contributed by atoms with Gasteiger partial charge in [-0.3, -0.25) is 9.59 Å². The van der Waals surface area contributed by atoms with E-state index < -0.39 is 17.8 Å². The van der Waals surface area contributed by atoms with E-state index >= 15 is 0 Å². The van der Waals surface area contributed by atoms with Crippen LogP contribution in [-0.4, -0.2) is 23.2 Å². The number of aryl methyl sites for hydroxylation is 1. The van der Waals surface area contributed by atoms with Crippen molar-refractivity contribution in [1.29, 1.82) is 0 Å². The fourth-order valence-corrected chi connectivity index (χ4v) is 5.05. The molecule has 2 heterocycles. The van der Waals surface area contributed by atoms with E-state index in [1.807, 2.05) is 86.6 Å². The summed E-state index contributed by atoms with van der Waals surface area (Å²) in [5, 5.41) is 12.2. The van der Waals surface area contributed by atoms with Crippen LogP contribution in [0.3, 0.4) is 0 Å². The molecule has 0 aromatic heterocycles. The van der Waals surface area contributed by atoms with Gasteiger partial charge in [0, 0.05) is 17.3 Å². The molecule has 3 aromatic carbocycles. The molecule has 0 bridgehead atoms. The second-order valence-electron chi connectivity index (χ2n) is 9.03. The molecule has 0 N–H and O–H groups in total. The highest BCUT2D eigenvalue weighted by Crippen LogP contribution is 2.42. The second kappa shape index (κ2) is 9.29. The number of hydrazone groups is 2. The van der Waals surface area contributed by atoms with Gasteiger partial charge in [0.2, 0.25) is 0 Å². The molecule has 0 aliphatic carbocycles. The summed E-state index contributed by atoms with van der Waals surface area (Å²) in [7, 11) is 0. The van der Waals surface area contributed by atoms with Crippen molar-refractivity contribution in [3.8, 4) is 0 Å². The molecular formula is C29H28N4O2. The summed E-state index contributed by atoms with van der Waals surface area (Å²) in [6.07, 6.45) is 0.917.